The number of nitrogens with zero attached hydrogens (tertiary/aromatic N) is 3. The van der Waals surface area contributed by atoms with E-state index in [0.717, 1.165) is 22.3 Å². The summed E-state index contributed by atoms with van der Waals surface area (Å²) in [5, 5.41) is 16.7. The fourth-order valence-electron chi connectivity index (χ4n) is 3.71. The van der Waals surface area contributed by atoms with E-state index in [0.29, 0.717) is 31.3 Å². The molecule has 1 aromatic heterocycles. The van der Waals surface area contributed by atoms with Gasteiger partial charge in [-0.25, -0.2) is 0 Å². The lowest BCUT2D eigenvalue weighted by Crippen LogP contribution is -2.34. The molecule has 0 amide bonds. The van der Waals surface area contributed by atoms with Gasteiger partial charge in [-0.2, -0.15) is 4.98 Å². The molecule has 2 aromatic carbocycles. The van der Waals surface area contributed by atoms with Crippen LogP contribution in [0.4, 0.5) is 0 Å². The molecule has 2 unspecified atom stereocenters. The number of aliphatic hydroxyl groups is 1. The summed E-state index contributed by atoms with van der Waals surface area (Å²) < 4.78 is 11.0. The Morgan fingerprint density at radius 1 is 1.22 bits per heavy atom. The van der Waals surface area contributed by atoms with Crippen LogP contribution < -0.4 is 5.32 Å². The summed E-state index contributed by atoms with van der Waals surface area (Å²) in [5.41, 5.74) is 6.25. The van der Waals surface area contributed by atoms with Gasteiger partial charge in [0.2, 0.25) is 5.82 Å². The quantitative estimate of drug-likeness (QED) is 0.559. The number of aliphatic hydroxyl groups excluding tert-OH is 1. The van der Waals surface area contributed by atoms with Gasteiger partial charge in [0.05, 0.1) is 12.7 Å². The van der Waals surface area contributed by atoms with Gasteiger partial charge < -0.3 is 14.4 Å². The van der Waals surface area contributed by atoms with Crippen molar-refractivity contribution >= 4 is 11.8 Å². The number of hydrogen-bond acceptors (Lipinski definition) is 7. The molecule has 3 aromatic rings. The number of rotatable bonds is 8. The van der Waals surface area contributed by atoms with Crippen LogP contribution >= 0.6 is 0 Å². The van der Waals surface area contributed by atoms with Crippen molar-refractivity contribution in [2.45, 2.75) is 39.1 Å². The van der Waals surface area contributed by atoms with Crippen LogP contribution in [0.15, 0.2) is 58.1 Å². The van der Waals surface area contributed by atoms with Crippen molar-refractivity contribution in [3.8, 4) is 22.6 Å². The number of dihydropyridines is 1. The van der Waals surface area contributed by atoms with Crippen LogP contribution in [0.3, 0.4) is 0 Å². The second kappa shape index (κ2) is 9.99. The molecule has 2 N–H and O–H groups in total. The second-order valence-electron chi connectivity index (χ2n) is 7.99. The molecule has 0 bridgehead atoms. The van der Waals surface area contributed by atoms with Crippen LogP contribution in [0.25, 0.3) is 28.2 Å². The molecule has 4 rings (SSSR count). The van der Waals surface area contributed by atoms with Crippen molar-refractivity contribution in [3.63, 3.8) is 0 Å². The molecule has 0 radical (unpaired) electrons. The predicted octanol–water partition coefficient (Wildman–Crippen LogP) is 4.01. The normalized spacial score (nSPS) is 16.8. The summed E-state index contributed by atoms with van der Waals surface area (Å²) in [7, 11) is 1.69. The zero-order chi connectivity index (χ0) is 22.5. The van der Waals surface area contributed by atoms with Crippen molar-refractivity contribution in [1.29, 1.82) is 0 Å². The van der Waals surface area contributed by atoms with Gasteiger partial charge in [0.15, 0.2) is 0 Å². The van der Waals surface area contributed by atoms with Crippen molar-refractivity contribution in [1.82, 2.24) is 15.5 Å². The largest absolute Gasteiger partial charge is 0.392 e. The van der Waals surface area contributed by atoms with E-state index in [1.54, 1.807) is 20.2 Å². The molecule has 1 aliphatic heterocycles. The molecule has 0 spiro atoms. The van der Waals surface area contributed by atoms with Gasteiger partial charge in [0.25, 0.3) is 5.89 Å². The molecule has 2 heterocycles. The highest BCUT2D eigenvalue weighted by Crippen LogP contribution is 2.31. The Kier molecular flexibility index (Phi) is 6.90. The van der Waals surface area contributed by atoms with Gasteiger partial charge in [0, 0.05) is 37.4 Å². The first-order valence-electron chi connectivity index (χ1n) is 10.7. The number of aromatic nitrogens is 2. The number of methoxy groups -OCH3 is 1. The van der Waals surface area contributed by atoms with Crippen LogP contribution in [-0.2, 0) is 11.3 Å². The van der Waals surface area contributed by atoms with E-state index in [2.05, 4.69) is 45.6 Å². The molecule has 7 heteroatoms. The minimum absolute atomic E-state index is 0.0506. The lowest BCUT2D eigenvalue weighted by molar-refractivity contribution is 0.185. The van der Waals surface area contributed by atoms with E-state index < -0.39 is 6.10 Å². The number of hydrogen-bond donors (Lipinski definition) is 2. The van der Waals surface area contributed by atoms with Crippen molar-refractivity contribution in [3.05, 3.63) is 65.5 Å². The van der Waals surface area contributed by atoms with Crippen LogP contribution in [0.5, 0.6) is 0 Å². The predicted molar refractivity (Wildman–Crippen MR) is 125 cm³/mol. The summed E-state index contributed by atoms with van der Waals surface area (Å²) in [4.78, 5) is 9.07. The maximum absolute atomic E-state index is 9.40. The molecule has 7 nitrogen and oxygen atoms in total. The van der Waals surface area contributed by atoms with Crippen molar-refractivity contribution < 1.29 is 14.4 Å². The van der Waals surface area contributed by atoms with E-state index in [4.69, 9.17) is 9.26 Å². The molecule has 2 atom stereocenters. The number of aliphatic imine (C=N–C) groups is 1. The summed E-state index contributed by atoms with van der Waals surface area (Å²) in [5.74, 6) is 0.964. The topological polar surface area (TPSA) is 92.8 Å². The standard InChI is InChI=1S/C25H28N4O3/c1-16-6-4-5-7-21(16)22-10-8-18(12-20(22)15-31-3)25-28-24(29-32-25)19-9-11-23(27-14-19)26-13-17(2)30/h4-10,12,14,17,23,26,30H,11,13,15H2,1-3H3. The summed E-state index contributed by atoms with van der Waals surface area (Å²) in [6.45, 7) is 4.83. The van der Waals surface area contributed by atoms with Crippen LogP contribution in [-0.4, -0.2) is 47.4 Å². The third-order valence-electron chi connectivity index (χ3n) is 5.37. The van der Waals surface area contributed by atoms with E-state index in [1.807, 2.05) is 30.3 Å². The summed E-state index contributed by atoms with van der Waals surface area (Å²) in [6, 6.07) is 14.4. The molecule has 0 saturated heterocycles. The van der Waals surface area contributed by atoms with E-state index in [-0.39, 0.29) is 6.17 Å². The zero-order valence-corrected chi connectivity index (χ0v) is 18.6. The van der Waals surface area contributed by atoms with Crippen LogP contribution in [0.1, 0.15) is 30.3 Å². The summed E-state index contributed by atoms with van der Waals surface area (Å²) >= 11 is 0. The maximum Gasteiger partial charge on any atom is 0.258 e. The molecule has 166 valence electrons. The smallest absolute Gasteiger partial charge is 0.258 e. The average Bonchev–Trinajstić information content (AvgIpc) is 3.29. The Labute approximate surface area is 187 Å². The minimum atomic E-state index is -0.407. The third-order valence-corrected chi connectivity index (χ3v) is 5.37. The van der Waals surface area contributed by atoms with Crippen molar-refractivity contribution in [2.24, 2.45) is 4.99 Å². The van der Waals surface area contributed by atoms with E-state index >= 15 is 0 Å². The minimum Gasteiger partial charge on any atom is -0.392 e. The van der Waals surface area contributed by atoms with Gasteiger partial charge in [-0.05, 0) is 48.2 Å². The molecule has 0 saturated carbocycles. The zero-order valence-electron chi connectivity index (χ0n) is 18.6. The Morgan fingerprint density at radius 2 is 2.06 bits per heavy atom. The average molecular weight is 433 g/mol. The van der Waals surface area contributed by atoms with Gasteiger partial charge in [-0.3, -0.25) is 10.3 Å². The third kappa shape index (κ3) is 5.02. The number of allylic oxidation sites excluding steroid dienone is 1. The van der Waals surface area contributed by atoms with E-state index in [9.17, 15) is 5.11 Å². The number of aryl methyl sites for hydroxylation is 1. The van der Waals surface area contributed by atoms with Crippen molar-refractivity contribution in [2.75, 3.05) is 13.7 Å². The van der Waals surface area contributed by atoms with Gasteiger partial charge in [0.1, 0.15) is 6.17 Å². The molecular weight excluding hydrogens is 404 g/mol. The SMILES string of the molecule is COCc1cc(-c2nc(C3=CCC(NCC(C)O)N=C3)no2)ccc1-c1ccccc1C. The Bertz CT molecular complexity index is 1130. The molecular formula is C25H28N4O3. The first kappa shape index (κ1) is 22.1. The number of benzene rings is 2. The Morgan fingerprint density at radius 3 is 2.78 bits per heavy atom. The Hall–Kier alpha value is -3.13. The fourth-order valence-corrected chi connectivity index (χ4v) is 3.71. The van der Waals surface area contributed by atoms with Gasteiger partial charge in [-0.15, -0.1) is 0 Å². The highest BCUT2D eigenvalue weighted by Gasteiger charge is 2.17. The molecule has 1 aliphatic rings. The first-order valence-corrected chi connectivity index (χ1v) is 10.7. The second-order valence-corrected chi connectivity index (χ2v) is 7.99. The molecule has 32 heavy (non-hydrogen) atoms. The highest BCUT2D eigenvalue weighted by molar-refractivity contribution is 6.08. The van der Waals surface area contributed by atoms with Gasteiger partial charge in [-0.1, -0.05) is 41.6 Å². The highest BCUT2D eigenvalue weighted by atomic mass is 16.5. The molecule has 0 fully saturated rings. The van der Waals surface area contributed by atoms with Crippen LogP contribution in [0.2, 0.25) is 0 Å². The molecule has 0 aliphatic carbocycles. The lowest BCUT2D eigenvalue weighted by atomic mass is 9.94. The van der Waals surface area contributed by atoms with Crippen LogP contribution in [0, 0.1) is 6.92 Å². The Balaban J connectivity index is 1.55. The fraction of sp³-hybridized carbons (Fsp3) is 0.320. The summed E-state index contributed by atoms with van der Waals surface area (Å²) in [6.07, 6.45) is 4.01. The number of ether oxygens (including phenoxy) is 1. The van der Waals surface area contributed by atoms with E-state index in [1.165, 1.54) is 11.1 Å². The monoisotopic (exact) mass is 432 g/mol. The maximum atomic E-state index is 9.40. The lowest BCUT2D eigenvalue weighted by Gasteiger charge is -2.17. The van der Waals surface area contributed by atoms with Gasteiger partial charge >= 0.3 is 0 Å². The first-order chi connectivity index (χ1) is 15.5. The number of nitrogens with one attached hydrogen (secondary N) is 1.